The van der Waals surface area contributed by atoms with E-state index in [4.69, 9.17) is 4.74 Å². The monoisotopic (exact) mass is 280 g/mol. The molecule has 0 aromatic carbocycles. The van der Waals surface area contributed by atoms with Gasteiger partial charge in [0.1, 0.15) is 4.70 Å². The van der Waals surface area contributed by atoms with Crippen LogP contribution in [0.5, 0.6) is 0 Å². The standard InChI is InChI=1S/C14H20N2O2S/c1-10(2)4-6-18-7-5-16-9-15-12-11(3)8-19-13(12)14(16)17/h8-10H,4-7H2,1-3H3. The lowest BCUT2D eigenvalue weighted by molar-refractivity contribution is 0.115. The fourth-order valence-electron chi connectivity index (χ4n) is 1.80. The predicted molar refractivity (Wildman–Crippen MR) is 78.9 cm³/mol. The van der Waals surface area contributed by atoms with Gasteiger partial charge in [0.05, 0.1) is 25.0 Å². The van der Waals surface area contributed by atoms with Crippen LogP contribution in [0.2, 0.25) is 0 Å². The van der Waals surface area contributed by atoms with Gasteiger partial charge in [0, 0.05) is 6.61 Å². The van der Waals surface area contributed by atoms with Crippen molar-refractivity contribution in [2.45, 2.75) is 33.7 Å². The van der Waals surface area contributed by atoms with Crippen molar-refractivity contribution in [3.8, 4) is 0 Å². The highest BCUT2D eigenvalue weighted by Gasteiger charge is 2.07. The highest BCUT2D eigenvalue weighted by molar-refractivity contribution is 7.17. The molecule has 2 heterocycles. The molecule has 0 unspecified atom stereocenters. The second kappa shape index (κ2) is 6.30. The zero-order valence-electron chi connectivity index (χ0n) is 11.7. The van der Waals surface area contributed by atoms with Crippen molar-refractivity contribution in [2.24, 2.45) is 5.92 Å². The molecule has 0 fully saturated rings. The molecule has 2 aromatic rings. The molecule has 104 valence electrons. The number of nitrogens with zero attached hydrogens (tertiary/aromatic N) is 2. The van der Waals surface area contributed by atoms with E-state index in [1.807, 2.05) is 12.3 Å². The summed E-state index contributed by atoms with van der Waals surface area (Å²) in [6.07, 6.45) is 2.67. The van der Waals surface area contributed by atoms with E-state index in [1.54, 1.807) is 10.9 Å². The molecule has 0 aliphatic heterocycles. The first-order chi connectivity index (χ1) is 9.09. The van der Waals surface area contributed by atoms with E-state index in [-0.39, 0.29) is 5.56 Å². The molecule has 0 aliphatic rings. The van der Waals surface area contributed by atoms with Crippen molar-refractivity contribution in [2.75, 3.05) is 13.2 Å². The van der Waals surface area contributed by atoms with Crippen molar-refractivity contribution >= 4 is 21.6 Å². The van der Waals surface area contributed by atoms with Crippen LogP contribution in [0.25, 0.3) is 10.2 Å². The van der Waals surface area contributed by atoms with E-state index >= 15 is 0 Å². The molecular formula is C14H20N2O2S. The van der Waals surface area contributed by atoms with Gasteiger partial charge in [-0.2, -0.15) is 0 Å². The quantitative estimate of drug-likeness (QED) is 0.764. The predicted octanol–water partition coefficient (Wildman–Crippen LogP) is 2.83. The Hall–Kier alpha value is -1.20. The van der Waals surface area contributed by atoms with Crippen LogP contribution in [-0.2, 0) is 11.3 Å². The van der Waals surface area contributed by atoms with Crippen molar-refractivity contribution in [3.63, 3.8) is 0 Å². The third-order valence-corrected chi connectivity index (χ3v) is 4.11. The summed E-state index contributed by atoms with van der Waals surface area (Å²) in [6, 6.07) is 0. The smallest absolute Gasteiger partial charge is 0.271 e. The summed E-state index contributed by atoms with van der Waals surface area (Å²) in [5, 5.41) is 1.97. The minimum absolute atomic E-state index is 0.0376. The first-order valence-electron chi connectivity index (χ1n) is 6.60. The Kier molecular flexibility index (Phi) is 4.71. The number of thiophene rings is 1. The fourth-order valence-corrected chi connectivity index (χ4v) is 2.75. The molecule has 2 rings (SSSR count). The molecule has 0 saturated heterocycles. The summed E-state index contributed by atoms with van der Waals surface area (Å²) in [5.74, 6) is 0.648. The summed E-state index contributed by atoms with van der Waals surface area (Å²) in [6.45, 7) is 8.20. The first-order valence-corrected chi connectivity index (χ1v) is 7.48. The molecule has 4 nitrogen and oxygen atoms in total. The summed E-state index contributed by atoms with van der Waals surface area (Å²) < 4.78 is 7.91. The molecule has 0 bridgehead atoms. The molecule has 19 heavy (non-hydrogen) atoms. The largest absolute Gasteiger partial charge is 0.380 e. The SMILES string of the molecule is Cc1csc2c(=O)n(CCOCCC(C)C)cnc12. The van der Waals surface area contributed by atoms with Crippen molar-refractivity contribution in [1.82, 2.24) is 9.55 Å². The highest BCUT2D eigenvalue weighted by Crippen LogP contribution is 2.19. The van der Waals surface area contributed by atoms with Gasteiger partial charge in [-0.15, -0.1) is 11.3 Å². The van der Waals surface area contributed by atoms with Crippen LogP contribution in [0.4, 0.5) is 0 Å². The molecular weight excluding hydrogens is 260 g/mol. The van der Waals surface area contributed by atoms with Crippen LogP contribution in [0.3, 0.4) is 0 Å². The van der Waals surface area contributed by atoms with E-state index < -0.39 is 0 Å². The summed E-state index contributed by atoms with van der Waals surface area (Å²) in [4.78, 5) is 16.5. The van der Waals surface area contributed by atoms with Gasteiger partial charge in [0.15, 0.2) is 0 Å². The Balaban J connectivity index is 1.98. The normalized spacial score (nSPS) is 11.6. The number of hydrogen-bond donors (Lipinski definition) is 0. The highest BCUT2D eigenvalue weighted by atomic mass is 32.1. The number of aromatic nitrogens is 2. The Morgan fingerprint density at radius 1 is 1.42 bits per heavy atom. The molecule has 0 spiro atoms. The van der Waals surface area contributed by atoms with E-state index in [1.165, 1.54) is 11.3 Å². The third-order valence-electron chi connectivity index (χ3n) is 3.04. The Bertz CT molecular complexity index is 601. The molecule has 0 radical (unpaired) electrons. The van der Waals surface area contributed by atoms with Gasteiger partial charge < -0.3 is 4.74 Å². The molecule has 0 saturated carbocycles. The van der Waals surface area contributed by atoms with Gasteiger partial charge in [-0.25, -0.2) is 4.98 Å². The lowest BCUT2D eigenvalue weighted by Gasteiger charge is -2.08. The lowest BCUT2D eigenvalue weighted by atomic mass is 10.1. The van der Waals surface area contributed by atoms with Gasteiger partial charge in [-0.3, -0.25) is 9.36 Å². The number of rotatable bonds is 6. The van der Waals surface area contributed by atoms with Gasteiger partial charge >= 0.3 is 0 Å². The van der Waals surface area contributed by atoms with Crippen molar-refractivity contribution < 1.29 is 4.74 Å². The molecule has 2 aromatic heterocycles. The van der Waals surface area contributed by atoms with E-state index in [0.717, 1.165) is 28.8 Å². The maximum Gasteiger partial charge on any atom is 0.271 e. The van der Waals surface area contributed by atoms with Crippen LogP contribution in [0.15, 0.2) is 16.5 Å². The maximum atomic E-state index is 12.2. The van der Waals surface area contributed by atoms with Crippen molar-refractivity contribution in [1.29, 1.82) is 0 Å². The van der Waals surface area contributed by atoms with Crippen LogP contribution >= 0.6 is 11.3 Å². The second-order valence-electron chi connectivity index (χ2n) is 5.13. The molecule has 0 amide bonds. The fraction of sp³-hybridized carbons (Fsp3) is 0.571. The zero-order valence-corrected chi connectivity index (χ0v) is 12.5. The van der Waals surface area contributed by atoms with Crippen LogP contribution in [0.1, 0.15) is 25.8 Å². The van der Waals surface area contributed by atoms with Crippen LogP contribution in [0, 0.1) is 12.8 Å². The molecule has 5 heteroatoms. The third kappa shape index (κ3) is 3.42. The molecule has 0 N–H and O–H groups in total. The van der Waals surface area contributed by atoms with Gasteiger partial charge in [-0.1, -0.05) is 13.8 Å². The van der Waals surface area contributed by atoms with Gasteiger partial charge in [0.2, 0.25) is 0 Å². The summed E-state index contributed by atoms with van der Waals surface area (Å²) in [7, 11) is 0. The molecule has 0 atom stereocenters. The Labute approximate surface area is 117 Å². The van der Waals surface area contributed by atoms with Crippen LogP contribution < -0.4 is 5.56 Å². The first kappa shape index (κ1) is 14.2. The topological polar surface area (TPSA) is 44.1 Å². The average molecular weight is 280 g/mol. The number of hydrogen-bond acceptors (Lipinski definition) is 4. The summed E-state index contributed by atoms with van der Waals surface area (Å²) >= 11 is 1.47. The minimum Gasteiger partial charge on any atom is -0.380 e. The minimum atomic E-state index is 0.0376. The maximum absolute atomic E-state index is 12.2. The number of ether oxygens (including phenoxy) is 1. The Morgan fingerprint density at radius 3 is 2.95 bits per heavy atom. The van der Waals surface area contributed by atoms with E-state index in [9.17, 15) is 4.79 Å². The van der Waals surface area contributed by atoms with Gasteiger partial charge in [0.25, 0.3) is 5.56 Å². The molecule has 0 aliphatic carbocycles. The summed E-state index contributed by atoms with van der Waals surface area (Å²) in [5.41, 5.74) is 1.93. The van der Waals surface area contributed by atoms with Gasteiger partial charge in [-0.05, 0) is 30.2 Å². The average Bonchev–Trinajstić information content (AvgIpc) is 2.74. The van der Waals surface area contributed by atoms with E-state index in [2.05, 4.69) is 18.8 Å². The van der Waals surface area contributed by atoms with Crippen LogP contribution in [-0.4, -0.2) is 22.8 Å². The Morgan fingerprint density at radius 2 is 2.21 bits per heavy atom. The lowest BCUT2D eigenvalue weighted by Crippen LogP contribution is -2.22. The second-order valence-corrected chi connectivity index (χ2v) is 6.01. The number of fused-ring (bicyclic) bond motifs is 1. The van der Waals surface area contributed by atoms with Crippen molar-refractivity contribution in [3.05, 3.63) is 27.6 Å². The van der Waals surface area contributed by atoms with E-state index in [0.29, 0.717) is 19.1 Å². The zero-order chi connectivity index (χ0) is 13.8. The number of aryl methyl sites for hydroxylation is 1.